The first-order valence-corrected chi connectivity index (χ1v) is 7.74. The van der Waals surface area contributed by atoms with Gasteiger partial charge in [0, 0.05) is 36.6 Å². The molecule has 0 radical (unpaired) electrons. The van der Waals surface area contributed by atoms with Gasteiger partial charge in [0.15, 0.2) is 5.43 Å². The Morgan fingerprint density at radius 2 is 2.05 bits per heavy atom. The summed E-state index contributed by atoms with van der Waals surface area (Å²) in [5.74, 6) is 0.273. The van der Waals surface area contributed by atoms with E-state index in [0.29, 0.717) is 24.5 Å². The molecule has 2 bridgehead atoms. The number of carbonyl (C=O) groups is 1. The smallest absolute Gasteiger partial charge is 0.256 e. The van der Waals surface area contributed by atoms with Crippen molar-refractivity contribution in [3.05, 3.63) is 33.7 Å². The van der Waals surface area contributed by atoms with Gasteiger partial charge in [-0.05, 0) is 45.6 Å². The maximum atomic E-state index is 12.1. The Kier molecular flexibility index (Phi) is 3.85. The van der Waals surface area contributed by atoms with E-state index in [1.807, 2.05) is 0 Å². The summed E-state index contributed by atoms with van der Waals surface area (Å²) in [6, 6.07) is 2.81. The lowest BCUT2D eigenvalue weighted by atomic mass is 9.91. The number of nitrogens with one attached hydrogen (secondary N) is 2. The van der Waals surface area contributed by atoms with Crippen LogP contribution in [0.25, 0.3) is 0 Å². The Bertz CT molecular complexity index is 581. The first-order chi connectivity index (χ1) is 10.0. The Morgan fingerprint density at radius 3 is 2.67 bits per heavy atom. The second-order valence-electron chi connectivity index (χ2n) is 6.49. The van der Waals surface area contributed by atoms with Gasteiger partial charge in [0.25, 0.3) is 5.91 Å². The van der Waals surface area contributed by atoms with Crippen LogP contribution in [0.1, 0.15) is 41.7 Å². The molecule has 0 aromatic carbocycles. The standard InChI is InChI=1S/C16H23N3O2/c1-10-5-15(20)14(9-17-10)16(21)18-8-11-6-12-3-4-13(7-11)19(12)2/h5,9,11-13H,3-4,6-8H2,1-2H3,(H,17,20)(H,18,21). The average Bonchev–Trinajstić information content (AvgIpc) is 2.67. The summed E-state index contributed by atoms with van der Waals surface area (Å²) in [6.07, 6.45) is 6.37. The van der Waals surface area contributed by atoms with Gasteiger partial charge in [0.1, 0.15) is 5.56 Å². The van der Waals surface area contributed by atoms with Crippen molar-refractivity contribution >= 4 is 5.91 Å². The molecule has 1 aromatic rings. The highest BCUT2D eigenvalue weighted by Crippen LogP contribution is 2.36. The summed E-state index contributed by atoms with van der Waals surface area (Å²) >= 11 is 0. The molecule has 2 atom stereocenters. The molecule has 2 unspecified atom stereocenters. The lowest BCUT2D eigenvalue weighted by Gasteiger charge is -2.36. The Balaban J connectivity index is 1.58. The highest BCUT2D eigenvalue weighted by molar-refractivity contribution is 5.93. The minimum absolute atomic E-state index is 0.205. The van der Waals surface area contributed by atoms with E-state index in [9.17, 15) is 9.59 Å². The van der Waals surface area contributed by atoms with Crippen LogP contribution in [0.15, 0.2) is 17.1 Å². The molecule has 114 valence electrons. The zero-order valence-electron chi connectivity index (χ0n) is 12.7. The molecule has 3 heterocycles. The predicted molar refractivity (Wildman–Crippen MR) is 81.4 cm³/mol. The van der Waals surface area contributed by atoms with Gasteiger partial charge in [0.05, 0.1) is 0 Å². The van der Waals surface area contributed by atoms with Gasteiger partial charge in [-0.15, -0.1) is 0 Å². The van der Waals surface area contributed by atoms with E-state index in [2.05, 4.69) is 22.2 Å². The van der Waals surface area contributed by atoms with Crippen LogP contribution in [0.2, 0.25) is 0 Å². The SMILES string of the molecule is Cc1cc(=O)c(C(=O)NCC2CC3CCC(C2)N3C)c[nH]1. The van der Waals surface area contributed by atoms with E-state index in [1.165, 1.54) is 25.1 Å². The third-order valence-electron chi connectivity index (χ3n) is 5.05. The van der Waals surface area contributed by atoms with Crippen molar-refractivity contribution in [1.82, 2.24) is 15.2 Å². The normalized spacial score (nSPS) is 28.6. The van der Waals surface area contributed by atoms with E-state index in [-0.39, 0.29) is 16.9 Å². The third-order valence-corrected chi connectivity index (χ3v) is 5.05. The fourth-order valence-corrected chi connectivity index (χ4v) is 3.77. The number of hydrogen-bond acceptors (Lipinski definition) is 3. The maximum Gasteiger partial charge on any atom is 0.256 e. The number of piperidine rings is 1. The highest BCUT2D eigenvalue weighted by Gasteiger charge is 2.38. The van der Waals surface area contributed by atoms with Gasteiger partial charge in [-0.25, -0.2) is 0 Å². The minimum Gasteiger partial charge on any atom is -0.364 e. The monoisotopic (exact) mass is 289 g/mol. The fourth-order valence-electron chi connectivity index (χ4n) is 3.77. The van der Waals surface area contributed by atoms with Gasteiger partial charge in [-0.2, -0.15) is 0 Å². The first kappa shape index (κ1) is 14.3. The number of fused-ring (bicyclic) bond motifs is 2. The second kappa shape index (κ2) is 5.64. The number of H-pyrrole nitrogens is 1. The van der Waals surface area contributed by atoms with Crippen LogP contribution in [0.3, 0.4) is 0 Å². The molecule has 2 aliphatic heterocycles. The lowest BCUT2D eigenvalue weighted by Crippen LogP contribution is -2.43. The van der Waals surface area contributed by atoms with E-state index in [4.69, 9.17) is 0 Å². The Morgan fingerprint density at radius 1 is 1.38 bits per heavy atom. The van der Waals surface area contributed by atoms with Crippen LogP contribution in [0.5, 0.6) is 0 Å². The van der Waals surface area contributed by atoms with E-state index in [1.54, 1.807) is 6.92 Å². The molecule has 2 fully saturated rings. The molecule has 3 rings (SSSR count). The quantitative estimate of drug-likeness (QED) is 0.881. The second-order valence-corrected chi connectivity index (χ2v) is 6.49. The summed E-state index contributed by atoms with van der Waals surface area (Å²) in [5, 5.41) is 2.94. The molecule has 21 heavy (non-hydrogen) atoms. The molecule has 2 aliphatic rings. The number of nitrogens with zero attached hydrogens (tertiary/aromatic N) is 1. The average molecular weight is 289 g/mol. The molecule has 0 spiro atoms. The van der Waals surface area contributed by atoms with E-state index in [0.717, 1.165) is 18.5 Å². The molecular weight excluding hydrogens is 266 g/mol. The van der Waals surface area contributed by atoms with Crippen molar-refractivity contribution in [2.75, 3.05) is 13.6 Å². The Hall–Kier alpha value is -1.62. The van der Waals surface area contributed by atoms with Crippen LogP contribution >= 0.6 is 0 Å². The van der Waals surface area contributed by atoms with Crippen molar-refractivity contribution in [1.29, 1.82) is 0 Å². The summed E-state index contributed by atoms with van der Waals surface area (Å²) in [5.41, 5.74) is 0.757. The van der Waals surface area contributed by atoms with Crippen molar-refractivity contribution in [3.63, 3.8) is 0 Å². The summed E-state index contributed by atoms with van der Waals surface area (Å²) < 4.78 is 0. The number of aromatic amines is 1. The van der Waals surface area contributed by atoms with Crippen LogP contribution < -0.4 is 10.7 Å². The number of carbonyl (C=O) groups excluding carboxylic acids is 1. The summed E-state index contributed by atoms with van der Waals surface area (Å²) in [6.45, 7) is 2.48. The van der Waals surface area contributed by atoms with Gasteiger partial charge in [0.2, 0.25) is 0 Å². The van der Waals surface area contributed by atoms with Crippen molar-refractivity contribution in [3.8, 4) is 0 Å². The number of rotatable bonds is 3. The molecule has 1 amide bonds. The molecule has 5 nitrogen and oxygen atoms in total. The van der Waals surface area contributed by atoms with Crippen LogP contribution in [-0.2, 0) is 0 Å². The topological polar surface area (TPSA) is 65.2 Å². The highest BCUT2D eigenvalue weighted by atomic mass is 16.2. The van der Waals surface area contributed by atoms with Crippen LogP contribution in [0, 0.1) is 12.8 Å². The number of aromatic nitrogens is 1. The zero-order valence-corrected chi connectivity index (χ0v) is 12.7. The first-order valence-electron chi connectivity index (χ1n) is 7.74. The molecule has 2 N–H and O–H groups in total. The largest absolute Gasteiger partial charge is 0.364 e. The molecule has 2 saturated heterocycles. The number of pyridine rings is 1. The minimum atomic E-state index is -0.262. The fraction of sp³-hybridized carbons (Fsp3) is 0.625. The molecular formula is C16H23N3O2. The molecule has 0 saturated carbocycles. The number of hydrogen-bond donors (Lipinski definition) is 2. The number of aryl methyl sites for hydroxylation is 1. The molecule has 0 aliphatic carbocycles. The van der Waals surface area contributed by atoms with Gasteiger partial charge in [-0.1, -0.05) is 0 Å². The summed E-state index contributed by atoms with van der Waals surface area (Å²) in [4.78, 5) is 29.3. The molecule has 5 heteroatoms. The zero-order chi connectivity index (χ0) is 15.0. The van der Waals surface area contributed by atoms with Crippen LogP contribution in [0.4, 0.5) is 0 Å². The van der Waals surface area contributed by atoms with E-state index < -0.39 is 0 Å². The maximum absolute atomic E-state index is 12.1. The van der Waals surface area contributed by atoms with Crippen molar-refractivity contribution in [2.24, 2.45) is 5.92 Å². The van der Waals surface area contributed by atoms with Crippen LogP contribution in [-0.4, -0.2) is 41.5 Å². The third kappa shape index (κ3) is 2.88. The summed E-state index contributed by atoms with van der Waals surface area (Å²) in [7, 11) is 2.21. The van der Waals surface area contributed by atoms with Gasteiger partial charge < -0.3 is 15.2 Å². The van der Waals surface area contributed by atoms with Crippen molar-refractivity contribution < 1.29 is 4.79 Å². The van der Waals surface area contributed by atoms with E-state index >= 15 is 0 Å². The number of amides is 1. The predicted octanol–water partition coefficient (Wildman–Crippen LogP) is 1.29. The lowest BCUT2D eigenvalue weighted by molar-refractivity contribution is 0.0916. The van der Waals surface area contributed by atoms with Crippen molar-refractivity contribution in [2.45, 2.75) is 44.7 Å². The van der Waals surface area contributed by atoms with Gasteiger partial charge in [-0.3, -0.25) is 9.59 Å². The van der Waals surface area contributed by atoms with Gasteiger partial charge >= 0.3 is 0 Å². The Labute approximate surface area is 124 Å². The molecule has 1 aromatic heterocycles.